The van der Waals surface area contributed by atoms with E-state index in [4.69, 9.17) is 5.11 Å². The van der Waals surface area contributed by atoms with Crippen molar-refractivity contribution in [2.24, 2.45) is 11.8 Å². The third kappa shape index (κ3) is 3.00. The Balaban J connectivity index is 2.02. The molecule has 1 saturated heterocycles. The summed E-state index contributed by atoms with van der Waals surface area (Å²) in [5, 5.41) is 9.12. The summed E-state index contributed by atoms with van der Waals surface area (Å²) in [5.74, 6) is -1.16. The van der Waals surface area contributed by atoms with Crippen molar-refractivity contribution in [3.63, 3.8) is 0 Å². The summed E-state index contributed by atoms with van der Waals surface area (Å²) in [5.41, 5.74) is 1.01. The average molecular weight is 275 g/mol. The average Bonchev–Trinajstić information content (AvgIpc) is 2.46. The molecule has 1 aliphatic rings. The predicted molar refractivity (Wildman–Crippen MR) is 76.3 cm³/mol. The van der Waals surface area contributed by atoms with Gasteiger partial charge in [0.1, 0.15) is 0 Å². The van der Waals surface area contributed by atoms with E-state index in [0.717, 1.165) is 5.56 Å². The second kappa shape index (κ2) is 6.07. The largest absolute Gasteiger partial charge is 0.481 e. The molecule has 1 aromatic rings. The van der Waals surface area contributed by atoms with Gasteiger partial charge in [0.05, 0.1) is 11.8 Å². The van der Waals surface area contributed by atoms with Crippen molar-refractivity contribution in [3.05, 3.63) is 35.9 Å². The summed E-state index contributed by atoms with van der Waals surface area (Å²) in [6.07, 6.45) is 0.545. The number of carbonyl (C=O) groups is 2. The molecule has 3 unspecified atom stereocenters. The van der Waals surface area contributed by atoms with Crippen molar-refractivity contribution in [2.75, 3.05) is 13.1 Å². The maximum Gasteiger partial charge on any atom is 0.306 e. The van der Waals surface area contributed by atoms with Crippen LogP contribution in [0.1, 0.15) is 31.7 Å². The minimum absolute atomic E-state index is 0.00757. The van der Waals surface area contributed by atoms with E-state index in [0.29, 0.717) is 19.5 Å². The fourth-order valence-electron chi connectivity index (χ4n) is 2.87. The lowest BCUT2D eigenvalue weighted by Crippen LogP contribution is -2.46. The van der Waals surface area contributed by atoms with Crippen LogP contribution in [0.25, 0.3) is 0 Å². The van der Waals surface area contributed by atoms with Gasteiger partial charge in [0, 0.05) is 13.1 Å². The second-order valence-electron chi connectivity index (χ2n) is 5.63. The molecule has 3 atom stereocenters. The number of amides is 1. The van der Waals surface area contributed by atoms with Crippen LogP contribution in [0.3, 0.4) is 0 Å². The summed E-state index contributed by atoms with van der Waals surface area (Å²) < 4.78 is 0. The topological polar surface area (TPSA) is 57.6 Å². The highest BCUT2D eigenvalue weighted by Gasteiger charge is 2.34. The van der Waals surface area contributed by atoms with Crippen LogP contribution in [0.5, 0.6) is 0 Å². The predicted octanol–water partition coefficient (Wildman–Crippen LogP) is 2.36. The quantitative estimate of drug-likeness (QED) is 0.921. The van der Waals surface area contributed by atoms with Crippen LogP contribution >= 0.6 is 0 Å². The third-order valence-electron chi connectivity index (χ3n) is 4.20. The Labute approximate surface area is 119 Å². The van der Waals surface area contributed by atoms with E-state index in [1.807, 2.05) is 49.1 Å². The van der Waals surface area contributed by atoms with Crippen LogP contribution in [0, 0.1) is 11.8 Å². The molecule has 1 N–H and O–H groups in total. The molecule has 0 saturated carbocycles. The second-order valence-corrected chi connectivity index (χ2v) is 5.63. The van der Waals surface area contributed by atoms with Gasteiger partial charge in [-0.05, 0) is 24.8 Å². The maximum absolute atomic E-state index is 12.5. The molecule has 4 heteroatoms. The number of likely N-dealkylation sites (tertiary alicyclic amines) is 1. The highest BCUT2D eigenvalue weighted by Crippen LogP contribution is 2.26. The molecule has 108 valence electrons. The van der Waals surface area contributed by atoms with E-state index < -0.39 is 5.97 Å². The molecular formula is C16H21NO3. The van der Waals surface area contributed by atoms with E-state index >= 15 is 0 Å². The molecule has 20 heavy (non-hydrogen) atoms. The number of aliphatic carboxylic acids is 1. The molecule has 1 fully saturated rings. The van der Waals surface area contributed by atoms with Crippen LogP contribution in [-0.2, 0) is 9.59 Å². The molecule has 0 aromatic heterocycles. The van der Waals surface area contributed by atoms with Crippen molar-refractivity contribution in [3.8, 4) is 0 Å². The van der Waals surface area contributed by atoms with Crippen molar-refractivity contribution in [1.29, 1.82) is 0 Å². The molecule has 4 nitrogen and oxygen atoms in total. The van der Waals surface area contributed by atoms with Gasteiger partial charge in [-0.25, -0.2) is 0 Å². The fourth-order valence-corrected chi connectivity index (χ4v) is 2.87. The van der Waals surface area contributed by atoms with E-state index in [9.17, 15) is 9.59 Å². The van der Waals surface area contributed by atoms with Gasteiger partial charge in [0.15, 0.2) is 0 Å². The summed E-state index contributed by atoms with van der Waals surface area (Å²) in [6, 6.07) is 9.70. The van der Waals surface area contributed by atoms with Crippen LogP contribution in [0.15, 0.2) is 30.3 Å². The van der Waals surface area contributed by atoms with Gasteiger partial charge in [0.2, 0.25) is 5.91 Å². The van der Waals surface area contributed by atoms with Gasteiger partial charge in [-0.15, -0.1) is 0 Å². The number of carboxylic acids is 1. The van der Waals surface area contributed by atoms with Gasteiger partial charge >= 0.3 is 5.97 Å². The molecule has 1 amide bonds. The van der Waals surface area contributed by atoms with Crippen molar-refractivity contribution < 1.29 is 14.7 Å². The molecule has 1 heterocycles. The third-order valence-corrected chi connectivity index (χ3v) is 4.20. The molecule has 1 aliphatic heterocycles. The van der Waals surface area contributed by atoms with Crippen molar-refractivity contribution in [1.82, 2.24) is 4.90 Å². The van der Waals surface area contributed by atoms with Gasteiger partial charge in [0.25, 0.3) is 0 Å². The lowest BCUT2D eigenvalue weighted by molar-refractivity contribution is -0.148. The smallest absolute Gasteiger partial charge is 0.306 e. The number of hydrogen-bond acceptors (Lipinski definition) is 2. The first-order valence-electron chi connectivity index (χ1n) is 7.07. The Kier molecular flexibility index (Phi) is 4.42. The zero-order valence-corrected chi connectivity index (χ0v) is 12.0. The zero-order chi connectivity index (χ0) is 14.7. The van der Waals surface area contributed by atoms with E-state index in [-0.39, 0.29) is 23.7 Å². The zero-order valence-electron chi connectivity index (χ0n) is 12.0. The highest BCUT2D eigenvalue weighted by atomic mass is 16.4. The van der Waals surface area contributed by atoms with E-state index in [1.54, 1.807) is 0 Å². The number of rotatable bonds is 3. The highest BCUT2D eigenvalue weighted by molar-refractivity contribution is 5.83. The molecular weight excluding hydrogens is 254 g/mol. The van der Waals surface area contributed by atoms with E-state index in [2.05, 4.69) is 0 Å². The Morgan fingerprint density at radius 1 is 1.30 bits per heavy atom. The molecule has 0 spiro atoms. The first-order chi connectivity index (χ1) is 9.50. The fraction of sp³-hybridized carbons (Fsp3) is 0.500. The summed E-state index contributed by atoms with van der Waals surface area (Å²) in [4.78, 5) is 25.4. The molecule has 0 aliphatic carbocycles. The summed E-state index contributed by atoms with van der Waals surface area (Å²) >= 11 is 0. The van der Waals surface area contributed by atoms with Crippen LogP contribution in [0.2, 0.25) is 0 Å². The standard InChI is InChI=1S/C16H21NO3/c1-11-10-17(9-8-14(11)16(19)20)15(18)12(2)13-6-4-3-5-7-13/h3-7,11-12,14H,8-10H2,1-2H3,(H,19,20). The first kappa shape index (κ1) is 14.6. The number of nitrogens with zero attached hydrogens (tertiary/aromatic N) is 1. The van der Waals surface area contributed by atoms with Gasteiger partial charge < -0.3 is 10.0 Å². The Morgan fingerprint density at radius 2 is 1.95 bits per heavy atom. The lowest BCUT2D eigenvalue weighted by atomic mass is 9.86. The van der Waals surface area contributed by atoms with Gasteiger partial charge in [-0.3, -0.25) is 9.59 Å². The lowest BCUT2D eigenvalue weighted by Gasteiger charge is -2.36. The molecule has 1 aromatic carbocycles. The minimum Gasteiger partial charge on any atom is -0.481 e. The van der Waals surface area contributed by atoms with Crippen LogP contribution in [-0.4, -0.2) is 35.0 Å². The number of hydrogen-bond donors (Lipinski definition) is 1. The number of carboxylic acid groups (broad SMARTS) is 1. The SMILES string of the molecule is CC(C(=O)N1CCC(C(=O)O)C(C)C1)c1ccccc1. The van der Waals surface area contributed by atoms with Crippen molar-refractivity contribution in [2.45, 2.75) is 26.2 Å². The number of carbonyl (C=O) groups excluding carboxylic acids is 1. The minimum atomic E-state index is -0.749. The monoisotopic (exact) mass is 275 g/mol. The Hall–Kier alpha value is -1.84. The van der Waals surface area contributed by atoms with Gasteiger partial charge in [-0.1, -0.05) is 37.3 Å². The number of benzene rings is 1. The van der Waals surface area contributed by atoms with Crippen LogP contribution < -0.4 is 0 Å². The molecule has 2 rings (SSSR count). The van der Waals surface area contributed by atoms with Crippen molar-refractivity contribution >= 4 is 11.9 Å². The van der Waals surface area contributed by atoms with Gasteiger partial charge in [-0.2, -0.15) is 0 Å². The Bertz CT molecular complexity index is 486. The summed E-state index contributed by atoms with van der Waals surface area (Å²) in [7, 11) is 0. The maximum atomic E-state index is 12.5. The first-order valence-corrected chi connectivity index (χ1v) is 7.07. The van der Waals surface area contributed by atoms with Crippen LogP contribution in [0.4, 0.5) is 0 Å². The number of piperidine rings is 1. The molecule has 0 bridgehead atoms. The normalized spacial score (nSPS) is 24.2. The summed E-state index contributed by atoms with van der Waals surface area (Å²) in [6.45, 7) is 4.89. The molecule has 0 radical (unpaired) electrons. The van der Waals surface area contributed by atoms with E-state index in [1.165, 1.54) is 0 Å². The Morgan fingerprint density at radius 3 is 2.50 bits per heavy atom.